The van der Waals surface area contributed by atoms with Gasteiger partial charge in [-0.2, -0.15) is 0 Å². The Morgan fingerprint density at radius 2 is 1.83 bits per heavy atom. The lowest BCUT2D eigenvalue weighted by atomic mass is 10.1. The van der Waals surface area contributed by atoms with E-state index < -0.39 is 0 Å². The highest BCUT2D eigenvalue weighted by Gasteiger charge is 2.05. The van der Waals surface area contributed by atoms with Crippen LogP contribution in [0, 0.1) is 0 Å². The van der Waals surface area contributed by atoms with Crippen molar-refractivity contribution in [2.24, 2.45) is 0 Å². The highest BCUT2D eigenvalue weighted by molar-refractivity contribution is 5.72. The molecule has 0 aliphatic rings. The van der Waals surface area contributed by atoms with Gasteiger partial charge in [0.2, 0.25) is 0 Å². The molecule has 5 heteroatoms. The number of methoxy groups -OCH3 is 1. The molecule has 0 spiro atoms. The van der Waals surface area contributed by atoms with Gasteiger partial charge >= 0.3 is 0 Å². The van der Waals surface area contributed by atoms with E-state index in [1.54, 1.807) is 13.3 Å². The lowest BCUT2D eigenvalue weighted by Gasteiger charge is -2.10. The summed E-state index contributed by atoms with van der Waals surface area (Å²) in [4.78, 5) is 8.00. The van der Waals surface area contributed by atoms with Gasteiger partial charge in [-0.05, 0) is 23.8 Å². The molecule has 5 nitrogen and oxygen atoms in total. The number of nitrogen functional groups attached to an aromatic ring is 1. The molecule has 0 saturated carbocycles. The molecule has 2 N–H and O–H groups in total. The number of benzene rings is 2. The maximum atomic E-state index is 5.86. The first-order chi connectivity index (χ1) is 11.3. The van der Waals surface area contributed by atoms with Crippen molar-refractivity contribution in [1.82, 2.24) is 9.97 Å². The summed E-state index contributed by atoms with van der Waals surface area (Å²) in [5.41, 5.74) is 8.62. The molecule has 0 amide bonds. The minimum absolute atomic E-state index is 0.444. The zero-order valence-electron chi connectivity index (χ0n) is 12.8. The Bertz CT molecular complexity index is 788. The number of nitrogens with two attached hydrogens (primary N) is 1. The van der Waals surface area contributed by atoms with Gasteiger partial charge in [0.25, 0.3) is 0 Å². The summed E-state index contributed by atoms with van der Waals surface area (Å²) in [6.07, 6.45) is 3.14. The third kappa shape index (κ3) is 3.40. The topological polar surface area (TPSA) is 70.3 Å². The molecule has 0 aliphatic carbocycles. The summed E-state index contributed by atoms with van der Waals surface area (Å²) in [6, 6.07) is 15.5. The summed E-state index contributed by atoms with van der Waals surface area (Å²) in [5, 5.41) is 0. The van der Waals surface area contributed by atoms with Crippen LogP contribution in [0.5, 0.6) is 11.5 Å². The van der Waals surface area contributed by atoms with Crippen molar-refractivity contribution in [3.8, 4) is 22.6 Å². The molecule has 0 unspecified atom stereocenters. The average Bonchev–Trinajstić information content (AvgIpc) is 2.61. The van der Waals surface area contributed by atoms with Gasteiger partial charge in [-0.15, -0.1) is 0 Å². The van der Waals surface area contributed by atoms with Crippen molar-refractivity contribution in [3.05, 3.63) is 66.6 Å². The monoisotopic (exact) mass is 307 g/mol. The maximum absolute atomic E-state index is 5.86. The summed E-state index contributed by atoms with van der Waals surface area (Å²) >= 11 is 0. The predicted molar refractivity (Wildman–Crippen MR) is 89.2 cm³/mol. The zero-order valence-corrected chi connectivity index (χ0v) is 12.8. The Hall–Kier alpha value is -3.08. The Kier molecular flexibility index (Phi) is 4.38. The first-order valence-electron chi connectivity index (χ1n) is 7.18. The molecule has 0 bridgehead atoms. The molecule has 0 radical (unpaired) electrons. The van der Waals surface area contributed by atoms with Gasteiger partial charge in [0, 0.05) is 17.3 Å². The maximum Gasteiger partial charge on any atom is 0.134 e. The standard InChI is InChI=1S/C18H17N3O2/c1-22-17-5-3-2-4-14(17)11-23-15-8-6-13(7-9-15)16-10-20-12-21-18(16)19/h2-10,12H,11H2,1H3,(H2,19,20,21). The number of rotatable bonds is 5. The van der Waals surface area contributed by atoms with Crippen molar-refractivity contribution in [1.29, 1.82) is 0 Å². The summed E-state index contributed by atoms with van der Waals surface area (Å²) in [7, 11) is 1.65. The molecule has 0 atom stereocenters. The zero-order chi connectivity index (χ0) is 16.1. The van der Waals surface area contributed by atoms with E-state index in [0.717, 1.165) is 28.2 Å². The lowest BCUT2D eigenvalue weighted by molar-refractivity contribution is 0.296. The minimum atomic E-state index is 0.444. The van der Waals surface area contributed by atoms with E-state index in [1.807, 2.05) is 48.5 Å². The van der Waals surface area contributed by atoms with Gasteiger partial charge < -0.3 is 15.2 Å². The second kappa shape index (κ2) is 6.79. The lowest BCUT2D eigenvalue weighted by Crippen LogP contribution is -1.98. The van der Waals surface area contributed by atoms with Crippen LogP contribution >= 0.6 is 0 Å². The second-order valence-electron chi connectivity index (χ2n) is 4.95. The molecule has 23 heavy (non-hydrogen) atoms. The SMILES string of the molecule is COc1ccccc1COc1ccc(-c2cncnc2N)cc1. The van der Waals surface area contributed by atoms with E-state index in [0.29, 0.717) is 12.4 Å². The predicted octanol–water partition coefficient (Wildman–Crippen LogP) is 3.31. The smallest absolute Gasteiger partial charge is 0.134 e. The Balaban J connectivity index is 1.72. The van der Waals surface area contributed by atoms with Crippen molar-refractivity contribution in [2.75, 3.05) is 12.8 Å². The molecule has 0 aliphatic heterocycles. The number of para-hydroxylation sites is 1. The summed E-state index contributed by atoms with van der Waals surface area (Å²) in [6.45, 7) is 0.444. The first kappa shape index (κ1) is 14.8. The second-order valence-corrected chi connectivity index (χ2v) is 4.95. The number of ether oxygens (including phenoxy) is 2. The van der Waals surface area contributed by atoms with Crippen LogP contribution < -0.4 is 15.2 Å². The molecule has 2 aromatic carbocycles. The summed E-state index contributed by atoms with van der Waals surface area (Å²) in [5.74, 6) is 2.05. The van der Waals surface area contributed by atoms with E-state index in [-0.39, 0.29) is 0 Å². The Morgan fingerprint density at radius 3 is 2.57 bits per heavy atom. The largest absolute Gasteiger partial charge is 0.496 e. The van der Waals surface area contributed by atoms with Crippen molar-refractivity contribution < 1.29 is 9.47 Å². The molecule has 116 valence electrons. The fraction of sp³-hybridized carbons (Fsp3) is 0.111. The quantitative estimate of drug-likeness (QED) is 0.783. The highest BCUT2D eigenvalue weighted by atomic mass is 16.5. The number of nitrogens with zero attached hydrogens (tertiary/aromatic N) is 2. The third-order valence-corrected chi connectivity index (χ3v) is 3.50. The number of hydrogen-bond acceptors (Lipinski definition) is 5. The van der Waals surface area contributed by atoms with Crippen LogP contribution in [-0.2, 0) is 6.61 Å². The van der Waals surface area contributed by atoms with Gasteiger partial charge in [-0.3, -0.25) is 0 Å². The van der Waals surface area contributed by atoms with Crippen LogP contribution in [0.15, 0.2) is 61.1 Å². The molecule has 0 fully saturated rings. The fourth-order valence-corrected chi connectivity index (χ4v) is 2.28. The highest BCUT2D eigenvalue weighted by Crippen LogP contribution is 2.26. The van der Waals surface area contributed by atoms with E-state index in [2.05, 4.69) is 9.97 Å². The Morgan fingerprint density at radius 1 is 1.04 bits per heavy atom. The molecule has 3 aromatic rings. The first-order valence-corrected chi connectivity index (χ1v) is 7.18. The van der Waals surface area contributed by atoms with Crippen molar-refractivity contribution in [3.63, 3.8) is 0 Å². The molecule has 1 heterocycles. The van der Waals surface area contributed by atoms with Crippen molar-refractivity contribution in [2.45, 2.75) is 6.61 Å². The van der Waals surface area contributed by atoms with Crippen LogP contribution in [0.25, 0.3) is 11.1 Å². The van der Waals surface area contributed by atoms with Crippen LogP contribution in [0.4, 0.5) is 5.82 Å². The normalized spacial score (nSPS) is 10.3. The van der Waals surface area contributed by atoms with E-state index in [1.165, 1.54) is 6.33 Å². The Labute approximate surface area is 134 Å². The van der Waals surface area contributed by atoms with Crippen LogP contribution in [0.3, 0.4) is 0 Å². The number of aromatic nitrogens is 2. The van der Waals surface area contributed by atoms with E-state index in [4.69, 9.17) is 15.2 Å². The molecule has 3 rings (SSSR count). The van der Waals surface area contributed by atoms with Crippen LogP contribution in [-0.4, -0.2) is 17.1 Å². The third-order valence-electron chi connectivity index (χ3n) is 3.50. The minimum Gasteiger partial charge on any atom is -0.496 e. The summed E-state index contributed by atoms with van der Waals surface area (Å²) < 4.78 is 11.1. The van der Waals surface area contributed by atoms with E-state index >= 15 is 0 Å². The van der Waals surface area contributed by atoms with E-state index in [9.17, 15) is 0 Å². The van der Waals surface area contributed by atoms with Gasteiger partial charge in [-0.25, -0.2) is 9.97 Å². The average molecular weight is 307 g/mol. The number of anilines is 1. The van der Waals surface area contributed by atoms with Crippen molar-refractivity contribution >= 4 is 5.82 Å². The van der Waals surface area contributed by atoms with Gasteiger partial charge in [-0.1, -0.05) is 30.3 Å². The van der Waals surface area contributed by atoms with Crippen LogP contribution in [0.1, 0.15) is 5.56 Å². The van der Waals surface area contributed by atoms with Gasteiger partial charge in [0.15, 0.2) is 0 Å². The van der Waals surface area contributed by atoms with Gasteiger partial charge in [0.05, 0.1) is 7.11 Å². The molecular weight excluding hydrogens is 290 g/mol. The fourth-order valence-electron chi connectivity index (χ4n) is 2.28. The molecular formula is C18H17N3O2. The molecule has 0 saturated heterocycles. The molecule has 1 aromatic heterocycles. The van der Waals surface area contributed by atoms with Gasteiger partial charge in [0.1, 0.15) is 30.3 Å². The number of hydrogen-bond donors (Lipinski definition) is 1. The van der Waals surface area contributed by atoms with Crippen LogP contribution in [0.2, 0.25) is 0 Å².